The molecule has 7 heteroatoms. The second kappa shape index (κ2) is 10.9. The summed E-state index contributed by atoms with van der Waals surface area (Å²) in [6, 6.07) is 16.3. The number of hydrogen-bond acceptors (Lipinski definition) is 4. The van der Waals surface area contributed by atoms with Crippen LogP contribution in [0.25, 0.3) is 11.1 Å². The highest BCUT2D eigenvalue weighted by Crippen LogP contribution is 2.44. The quantitative estimate of drug-likeness (QED) is 0.447. The second-order valence-electron chi connectivity index (χ2n) is 9.84. The lowest BCUT2D eigenvalue weighted by Gasteiger charge is -2.39. The zero-order chi connectivity index (χ0) is 24.8. The number of ether oxygens (including phenoxy) is 1. The molecule has 0 bridgehead atoms. The Hall–Kier alpha value is -3.35. The molecule has 186 valence electrons. The van der Waals surface area contributed by atoms with E-state index in [0.717, 1.165) is 35.1 Å². The van der Waals surface area contributed by atoms with Crippen LogP contribution < -0.4 is 10.6 Å². The molecule has 2 amide bonds. The molecular weight excluding hydrogens is 444 g/mol. The minimum Gasteiger partial charge on any atom is -0.481 e. The van der Waals surface area contributed by atoms with Crippen LogP contribution in [0.4, 0.5) is 4.79 Å². The third-order valence-electron chi connectivity index (χ3n) is 7.22. The van der Waals surface area contributed by atoms with E-state index in [2.05, 4.69) is 41.8 Å². The highest BCUT2D eigenvalue weighted by atomic mass is 16.5. The van der Waals surface area contributed by atoms with E-state index in [0.29, 0.717) is 38.1 Å². The van der Waals surface area contributed by atoms with Crippen LogP contribution in [0.3, 0.4) is 0 Å². The molecule has 2 aliphatic carbocycles. The summed E-state index contributed by atoms with van der Waals surface area (Å²) in [5, 5.41) is 14.6. The summed E-state index contributed by atoms with van der Waals surface area (Å²) in [5.74, 6) is -0.799. The first-order valence-electron chi connectivity index (χ1n) is 12.5. The molecule has 35 heavy (non-hydrogen) atoms. The van der Waals surface area contributed by atoms with Gasteiger partial charge in [0.2, 0.25) is 5.91 Å². The number of carbonyl (C=O) groups is 3. The van der Waals surface area contributed by atoms with Gasteiger partial charge in [-0.3, -0.25) is 9.59 Å². The molecular formula is C28H34N2O5. The van der Waals surface area contributed by atoms with Gasteiger partial charge in [0.25, 0.3) is 0 Å². The van der Waals surface area contributed by atoms with Crippen LogP contribution in [-0.2, 0) is 14.3 Å². The summed E-state index contributed by atoms with van der Waals surface area (Å²) in [6.45, 7) is 2.67. The summed E-state index contributed by atoms with van der Waals surface area (Å²) in [6.07, 6.45) is 3.54. The molecule has 0 radical (unpaired) electrons. The maximum Gasteiger partial charge on any atom is 0.408 e. The second-order valence-corrected chi connectivity index (χ2v) is 9.84. The molecule has 7 nitrogen and oxygen atoms in total. The summed E-state index contributed by atoms with van der Waals surface area (Å²) < 4.78 is 5.73. The fourth-order valence-corrected chi connectivity index (χ4v) is 5.53. The van der Waals surface area contributed by atoms with Crippen molar-refractivity contribution in [3.8, 4) is 11.1 Å². The Labute approximate surface area is 206 Å². The predicted molar refractivity (Wildman–Crippen MR) is 133 cm³/mol. The smallest absolute Gasteiger partial charge is 0.408 e. The molecule has 2 aromatic rings. The maximum atomic E-state index is 13.2. The molecule has 0 saturated heterocycles. The lowest BCUT2D eigenvalue weighted by Crippen LogP contribution is -2.61. The first-order valence-corrected chi connectivity index (χ1v) is 12.5. The molecule has 2 unspecified atom stereocenters. The zero-order valence-electron chi connectivity index (χ0n) is 20.2. The monoisotopic (exact) mass is 478 g/mol. The number of rotatable bonds is 9. The molecule has 2 aliphatic rings. The third kappa shape index (κ3) is 5.66. The average Bonchev–Trinajstić information content (AvgIpc) is 3.16. The number of aliphatic carboxylic acids is 1. The number of carboxylic acids is 1. The molecule has 0 aliphatic heterocycles. The van der Waals surface area contributed by atoms with Gasteiger partial charge < -0.3 is 20.5 Å². The number of hydrogen-bond donors (Lipinski definition) is 3. The van der Waals surface area contributed by atoms with Crippen molar-refractivity contribution >= 4 is 18.0 Å². The Kier molecular flexibility index (Phi) is 7.73. The number of carboxylic acid groups (broad SMARTS) is 1. The molecule has 3 N–H and O–H groups in total. The Bertz CT molecular complexity index is 1040. The number of benzene rings is 2. The van der Waals surface area contributed by atoms with Crippen LogP contribution in [0.5, 0.6) is 0 Å². The molecule has 2 atom stereocenters. The van der Waals surface area contributed by atoms with Crippen molar-refractivity contribution < 1.29 is 24.2 Å². The van der Waals surface area contributed by atoms with Gasteiger partial charge in [-0.15, -0.1) is 0 Å². The highest BCUT2D eigenvalue weighted by molar-refractivity contribution is 5.90. The Balaban J connectivity index is 1.40. The van der Waals surface area contributed by atoms with Crippen LogP contribution >= 0.6 is 0 Å². The number of unbranched alkanes of at least 4 members (excludes halogenated alkanes) is 1. The predicted octanol–water partition coefficient (Wildman–Crippen LogP) is 4.85. The normalized spacial score (nSPS) is 21.0. The zero-order valence-corrected chi connectivity index (χ0v) is 20.2. The highest BCUT2D eigenvalue weighted by Gasteiger charge is 2.43. The number of fused-ring (bicyclic) bond motifs is 3. The minimum atomic E-state index is -1.01. The summed E-state index contributed by atoms with van der Waals surface area (Å²) in [5.41, 5.74) is 3.60. The molecule has 0 aromatic heterocycles. The molecule has 2 aromatic carbocycles. The summed E-state index contributed by atoms with van der Waals surface area (Å²) in [7, 11) is 0. The van der Waals surface area contributed by atoms with Crippen molar-refractivity contribution in [1.82, 2.24) is 10.6 Å². The summed E-state index contributed by atoms with van der Waals surface area (Å²) >= 11 is 0. The number of nitrogens with one attached hydrogen (secondary N) is 2. The van der Waals surface area contributed by atoms with Gasteiger partial charge in [-0.25, -0.2) is 4.79 Å². The van der Waals surface area contributed by atoms with Crippen molar-refractivity contribution in [3.63, 3.8) is 0 Å². The Morgan fingerprint density at radius 1 is 1.03 bits per heavy atom. The molecule has 1 fully saturated rings. The maximum absolute atomic E-state index is 13.2. The third-order valence-corrected chi connectivity index (χ3v) is 7.22. The van der Waals surface area contributed by atoms with E-state index in [1.54, 1.807) is 0 Å². The van der Waals surface area contributed by atoms with Gasteiger partial charge in [0.1, 0.15) is 12.1 Å². The van der Waals surface area contributed by atoms with Gasteiger partial charge in [0.15, 0.2) is 0 Å². The van der Waals surface area contributed by atoms with Crippen LogP contribution in [0.1, 0.15) is 68.9 Å². The van der Waals surface area contributed by atoms with Crippen LogP contribution in [-0.4, -0.2) is 41.8 Å². The van der Waals surface area contributed by atoms with Crippen LogP contribution in [0.2, 0.25) is 0 Å². The first-order chi connectivity index (χ1) is 16.9. The van der Waals surface area contributed by atoms with Crippen molar-refractivity contribution in [2.75, 3.05) is 13.2 Å². The van der Waals surface area contributed by atoms with Gasteiger partial charge in [-0.1, -0.05) is 68.3 Å². The van der Waals surface area contributed by atoms with E-state index in [4.69, 9.17) is 9.84 Å². The molecule has 0 heterocycles. The lowest BCUT2D eigenvalue weighted by atomic mass is 9.75. The van der Waals surface area contributed by atoms with Gasteiger partial charge in [-0.05, 0) is 53.9 Å². The minimum absolute atomic E-state index is 0.0440. The van der Waals surface area contributed by atoms with Crippen molar-refractivity contribution in [3.05, 3.63) is 59.7 Å². The number of alkyl carbamates (subject to hydrolysis) is 1. The first kappa shape index (κ1) is 24.8. The summed E-state index contributed by atoms with van der Waals surface area (Å²) in [4.78, 5) is 36.9. The van der Waals surface area contributed by atoms with E-state index in [-0.39, 0.29) is 24.9 Å². The number of carbonyl (C=O) groups excluding carboxylic acids is 2. The molecule has 0 spiro atoms. The fourth-order valence-electron chi connectivity index (χ4n) is 5.53. The van der Waals surface area contributed by atoms with Crippen molar-refractivity contribution in [2.45, 2.75) is 63.3 Å². The SMILES string of the molecule is CC1CCCC(NC(=O)OCC2c3ccccc3-c3ccccc32)(C(=O)NCCCCC(=O)O)C1. The van der Waals surface area contributed by atoms with Crippen molar-refractivity contribution in [2.24, 2.45) is 5.92 Å². The van der Waals surface area contributed by atoms with E-state index in [1.165, 1.54) is 0 Å². The molecule has 4 rings (SSSR count). The van der Waals surface area contributed by atoms with E-state index in [9.17, 15) is 14.4 Å². The van der Waals surface area contributed by atoms with Crippen LogP contribution in [0.15, 0.2) is 48.5 Å². The van der Waals surface area contributed by atoms with Gasteiger partial charge in [-0.2, -0.15) is 0 Å². The largest absolute Gasteiger partial charge is 0.481 e. The standard InChI is InChI=1S/C28H34N2O5/c1-19-9-8-15-28(17-19,26(33)29-16-7-6-14-25(31)32)30-27(34)35-18-24-22-12-4-2-10-20(22)21-11-3-5-13-23(21)24/h2-5,10-13,19,24H,6-9,14-18H2,1H3,(H,29,33)(H,30,34)(H,31,32). The van der Waals surface area contributed by atoms with E-state index in [1.807, 2.05) is 24.3 Å². The Morgan fingerprint density at radius 2 is 1.69 bits per heavy atom. The molecule has 1 saturated carbocycles. The van der Waals surface area contributed by atoms with E-state index >= 15 is 0 Å². The van der Waals surface area contributed by atoms with E-state index < -0.39 is 17.6 Å². The topological polar surface area (TPSA) is 105 Å². The van der Waals surface area contributed by atoms with Crippen LogP contribution in [0, 0.1) is 5.92 Å². The number of amides is 2. The van der Waals surface area contributed by atoms with Gasteiger partial charge in [0.05, 0.1) is 0 Å². The van der Waals surface area contributed by atoms with Gasteiger partial charge in [0, 0.05) is 18.9 Å². The van der Waals surface area contributed by atoms with Crippen molar-refractivity contribution in [1.29, 1.82) is 0 Å². The Morgan fingerprint density at radius 3 is 2.31 bits per heavy atom. The van der Waals surface area contributed by atoms with Gasteiger partial charge >= 0.3 is 12.1 Å². The fraction of sp³-hybridized carbons (Fsp3) is 0.464. The lowest BCUT2D eigenvalue weighted by molar-refractivity contribution is -0.137. The average molecular weight is 479 g/mol.